The van der Waals surface area contributed by atoms with E-state index in [1.54, 1.807) is 6.20 Å². The molecule has 1 aromatic heterocycles. The van der Waals surface area contributed by atoms with Crippen LogP contribution in [0.5, 0.6) is 0 Å². The molecule has 0 fully saturated rings. The molecule has 0 atom stereocenters. The number of hydrogen-bond acceptors (Lipinski definition) is 2. The summed E-state index contributed by atoms with van der Waals surface area (Å²) in [6, 6.07) is 4.05. The monoisotopic (exact) mass is 161 g/mol. The maximum Gasteiger partial charge on any atom is 0.0653 e. The maximum atomic E-state index is 5.22. The van der Waals surface area contributed by atoms with Gasteiger partial charge in [-0.2, -0.15) is 0 Å². The van der Waals surface area contributed by atoms with Crippen molar-refractivity contribution >= 4 is 5.57 Å². The molecule has 0 saturated heterocycles. The third-order valence-corrected chi connectivity index (χ3v) is 2.00. The highest BCUT2D eigenvalue weighted by Gasteiger charge is 2.04. The first-order chi connectivity index (χ1) is 5.97. The van der Waals surface area contributed by atoms with Gasteiger partial charge < -0.3 is 4.74 Å². The van der Waals surface area contributed by atoms with E-state index in [-0.39, 0.29) is 0 Å². The van der Waals surface area contributed by atoms with Gasteiger partial charge in [-0.15, -0.1) is 0 Å². The lowest BCUT2D eigenvalue weighted by Crippen LogP contribution is -2.03. The van der Waals surface area contributed by atoms with Crippen LogP contribution in [-0.4, -0.2) is 18.2 Å². The Balaban J connectivity index is 2.24. The SMILES string of the molecule is C1=C(c2cccnc2)CCOC1. The molecule has 12 heavy (non-hydrogen) atoms. The molecule has 1 aromatic rings. The van der Waals surface area contributed by atoms with Crippen LogP contribution in [0.4, 0.5) is 0 Å². The quantitative estimate of drug-likeness (QED) is 0.627. The molecule has 0 saturated carbocycles. The van der Waals surface area contributed by atoms with Gasteiger partial charge in [0.05, 0.1) is 13.2 Å². The molecule has 0 unspecified atom stereocenters. The van der Waals surface area contributed by atoms with E-state index >= 15 is 0 Å². The Bertz CT molecular complexity index is 279. The van der Waals surface area contributed by atoms with Crippen molar-refractivity contribution in [2.24, 2.45) is 0 Å². The summed E-state index contributed by atoms with van der Waals surface area (Å²) in [5.74, 6) is 0. The number of rotatable bonds is 1. The van der Waals surface area contributed by atoms with Gasteiger partial charge in [-0.05, 0) is 23.6 Å². The normalized spacial score (nSPS) is 17.2. The molecule has 0 spiro atoms. The van der Waals surface area contributed by atoms with Crippen LogP contribution in [0.1, 0.15) is 12.0 Å². The Kier molecular flexibility index (Phi) is 2.19. The van der Waals surface area contributed by atoms with E-state index in [4.69, 9.17) is 4.74 Å². The third kappa shape index (κ3) is 1.53. The van der Waals surface area contributed by atoms with Crippen molar-refractivity contribution < 1.29 is 4.74 Å². The largest absolute Gasteiger partial charge is 0.377 e. The second-order valence-corrected chi connectivity index (χ2v) is 2.80. The van der Waals surface area contributed by atoms with E-state index in [0.717, 1.165) is 19.6 Å². The maximum absolute atomic E-state index is 5.22. The molecule has 0 radical (unpaired) electrons. The summed E-state index contributed by atoms with van der Waals surface area (Å²) in [6.07, 6.45) is 6.83. The van der Waals surface area contributed by atoms with Crippen molar-refractivity contribution in [2.75, 3.05) is 13.2 Å². The molecule has 2 nitrogen and oxygen atoms in total. The second-order valence-electron chi connectivity index (χ2n) is 2.80. The smallest absolute Gasteiger partial charge is 0.0653 e. The van der Waals surface area contributed by atoms with Crippen molar-refractivity contribution in [3.8, 4) is 0 Å². The minimum Gasteiger partial charge on any atom is -0.377 e. The van der Waals surface area contributed by atoms with Gasteiger partial charge in [0.2, 0.25) is 0 Å². The Labute approximate surface area is 71.9 Å². The first-order valence-electron chi connectivity index (χ1n) is 4.14. The zero-order chi connectivity index (χ0) is 8.23. The Morgan fingerprint density at radius 2 is 2.42 bits per heavy atom. The molecule has 2 rings (SSSR count). The summed E-state index contributed by atoms with van der Waals surface area (Å²) < 4.78 is 5.22. The second kappa shape index (κ2) is 3.50. The lowest BCUT2D eigenvalue weighted by molar-refractivity contribution is 0.161. The van der Waals surface area contributed by atoms with Crippen LogP contribution in [0.25, 0.3) is 5.57 Å². The zero-order valence-electron chi connectivity index (χ0n) is 6.86. The molecule has 0 N–H and O–H groups in total. The topological polar surface area (TPSA) is 22.1 Å². The van der Waals surface area contributed by atoms with Gasteiger partial charge in [0.15, 0.2) is 0 Å². The lowest BCUT2D eigenvalue weighted by Gasteiger charge is -2.12. The molecular formula is C10H11NO. The number of ether oxygens (including phenoxy) is 1. The van der Waals surface area contributed by atoms with Gasteiger partial charge in [-0.3, -0.25) is 4.98 Å². The van der Waals surface area contributed by atoms with Gasteiger partial charge in [-0.1, -0.05) is 12.1 Å². The predicted octanol–water partition coefficient (Wildman–Crippen LogP) is 1.89. The summed E-state index contributed by atoms with van der Waals surface area (Å²) >= 11 is 0. The van der Waals surface area contributed by atoms with Gasteiger partial charge in [0, 0.05) is 12.4 Å². The third-order valence-electron chi connectivity index (χ3n) is 2.00. The van der Waals surface area contributed by atoms with E-state index in [1.807, 2.05) is 12.3 Å². The number of nitrogens with zero attached hydrogens (tertiary/aromatic N) is 1. The summed E-state index contributed by atoms with van der Waals surface area (Å²) in [6.45, 7) is 1.57. The molecule has 0 amide bonds. The highest BCUT2D eigenvalue weighted by atomic mass is 16.5. The lowest BCUT2D eigenvalue weighted by atomic mass is 10.0. The zero-order valence-corrected chi connectivity index (χ0v) is 6.86. The van der Waals surface area contributed by atoms with E-state index in [0.29, 0.717) is 0 Å². The highest BCUT2D eigenvalue weighted by Crippen LogP contribution is 2.19. The van der Waals surface area contributed by atoms with Gasteiger partial charge in [0.25, 0.3) is 0 Å². The first-order valence-corrected chi connectivity index (χ1v) is 4.14. The van der Waals surface area contributed by atoms with Crippen LogP contribution in [0.15, 0.2) is 30.6 Å². The number of pyridine rings is 1. The number of hydrogen-bond donors (Lipinski definition) is 0. The summed E-state index contributed by atoms with van der Waals surface area (Å²) in [7, 11) is 0. The van der Waals surface area contributed by atoms with Crippen molar-refractivity contribution in [3.63, 3.8) is 0 Å². The van der Waals surface area contributed by atoms with Gasteiger partial charge in [-0.25, -0.2) is 0 Å². The Morgan fingerprint density at radius 3 is 3.08 bits per heavy atom. The molecule has 0 aromatic carbocycles. The van der Waals surface area contributed by atoms with Crippen molar-refractivity contribution in [3.05, 3.63) is 36.2 Å². The average Bonchev–Trinajstić information content (AvgIpc) is 2.21. The van der Waals surface area contributed by atoms with Crippen LogP contribution >= 0.6 is 0 Å². The summed E-state index contributed by atoms with van der Waals surface area (Å²) in [5, 5.41) is 0. The summed E-state index contributed by atoms with van der Waals surface area (Å²) in [4.78, 5) is 4.08. The van der Waals surface area contributed by atoms with E-state index in [2.05, 4.69) is 17.1 Å². The molecule has 2 heterocycles. The van der Waals surface area contributed by atoms with Crippen LogP contribution in [0, 0.1) is 0 Å². The van der Waals surface area contributed by atoms with E-state index < -0.39 is 0 Å². The Hall–Kier alpha value is -1.15. The highest BCUT2D eigenvalue weighted by molar-refractivity contribution is 5.65. The summed E-state index contributed by atoms with van der Waals surface area (Å²) in [5.41, 5.74) is 2.58. The first kappa shape index (κ1) is 7.50. The van der Waals surface area contributed by atoms with E-state index in [9.17, 15) is 0 Å². The molecule has 1 aliphatic rings. The van der Waals surface area contributed by atoms with Crippen LogP contribution in [0.3, 0.4) is 0 Å². The fourth-order valence-electron chi connectivity index (χ4n) is 1.34. The van der Waals surface area contributed by atoms with Crippen molar-refractivity contribution in [2.45, 2.75) is 6.42 Å². The van der Waals surface area contributed by atoms with Crippen molar-refractivity contribution in [1.29, 1.82) is 0 Å². The predicted molar refractivity (Wildman–Crippen MR) is 47.7 cm³/mol. The fourth-order valence-corrected chi connectivity index (χ4v) is 1.34. The van der Waals surface area contributed by atoms with Gasteiger partial charge in [0.1, 0.15) is 0 Å². The number of aromatic nitrogens is 1. The fraction of sp³-hybridized carbons (Fsp3) is 0.300. The minimum atomic E-state index is 0.740. The van der Waals surface area contributed by atoms with Crippen LogP contribution < -0.4 is 0 Å². The molecule has 1 aliphatic heterocycles. The minimum absolute atomic E-state index is 0.740. The standard InChI is InChI=1S/C10H11NO/c1-2-10(8-11-5-1)9-3-6-12-7-4-9/h1-3,5,8H,4,6-7H2. The molecule has 0 bridgehead atoms. The molecule has 62 valence electrons. The average molecular weight is 161 g/mol. The molecule has 0 aliphatic carbocycles. The van der Waals surface area contributed by atoms with E-state index in [1.165, 1.54) is 11.1 Å². The van der Waals surface area contributed by atoms with Gasteiger partial charge >= 0.3 is 0 Å². The molecule has 2 heteroatoms. The van der Waals surface area contributed by atoms with Crippen molar-refractivity contribution in [1.82, 2.24) is 4.98 Å². The molecular weight excluding hydrogens is 150 g/mol. The van der Waals surface area contributed by atoms with Crippen LogP contribution in [0.2, 0.25) is 0 Å². The Morgan fingerprint density at radius 1 is 1.42 bits per heavy atom. The van der Waals surface area contributed by atoms with Crippen LogP contribution in [-0.2, 0) is 4.74 Å².